The highest BCUT2D eigenvalue weighted by atomic mass is 16.6. The van der Waals surface area contributed by atoms with E-state index in [9.17, 15) is 19.2 Å². The molecule has 0 spiro atoms. The van der Waals surface area contributed by atoms with Gasteiger partial charge in [-0.05, 0) is 13.8 Å². The summed E-state index contributed by atoms with van der Waals surface area (Å²) in [6, 6.07) is -0.690. The molecular formula is C24H42N4O10. The van der Waals surface area contributed by atoms with Gasteiger partial charge < -0.3 is 49.7 Å². The highest BCUT2D eigenvalue weighted by molar-refractivity contribution is 5.87. The molecule has 0 radical (unpaired) electrons. The van der Waals surface area contributed by atoms with Crippen LogP contribution < -0.4 is 21.3 Å². The van der Waals surface area contributed by atoms with Gasteiger partial charge in [0.2, 0.25) is 0 Å². The van der Waals surface area contributed by atoms with Crippen LogP contribution in [0.15, 0.2) is 24.3 Å². The van der Waals surface area contributed by atoms with Crippen molar-refractivity contribution in [2.24, 2.45) is 0 Å². The first-order valence-corrected chi connectivity index (χ1v) is 12.2. The van der Waals surface area contributed by atoms with Crippen molar-refractivity contribution >= 4 is 24.0 Å². The lowest BCUT2D eigenvalue weighted by atomic mass is 10.4. The van der Waals surface area contributed by atoms with E-state index in [0.717, 1.165) is 0 Å². The fraction of sp³-hybridized carbons (Fsp3) is 0.667. The number of ether oxygens (including phenoxy) is 6. The van der Waals surface area contributed by atoms with E-state index < -0.39 is 11.9 Å². The van der Waals surface area contributed by atoms with Gasteiger partial charge in [0.05, 0.1) is 52.9 Å². The second-order valence-corrected chi connectivity index (χ2v) is 7.65. The van der Waals surface area contributed by atoms with Crippen molar-refractivity contribution in [2.45, 2.75) is 13.8 Å². The van der Waals surface area contributed by atoms with Crippen LogP contribution in [0.1, 0.15) is 13.8 Å². The SMILES string of the molecule is C=C(C)C(=O)OCCOCCNC(=O)NCCOCCOCCNC(=O)NCCOCCOC(=O)C(=C)C. The number of hydrogen-bond donors (Lipinski definition) is 4. The normalized spacial score (nSPS) is 10.3. The van der Waals surface area contributed by atoms with Gasteiger partial charge in [-0.15, -0.1) is 0 Å². The van der Waals surface area contributed by atoms with Crippen molar-refractivity contribution in [2.75, 3.05) is 92.2 Å². The van der Waals surface area contributed by atoms with Crippen LogP contribution in [0.25, 0.3) is 0 Å². The average Bonchev–Trinajstić information content (AvgIpc) is 2.88. The average molecular weight is 547 g/mol. The van der Waals surface area contributed by atoms with Gasteiger partial charge in [0, 0.05) is 37.3 Å². The molecule has 0 aliphatic carbocycles. The molecule has 0 aromatic rings. The number of carbonyl (C=O) groups excluding carboxylic acids is 4. The Morgan fingerprint density at radius 2 is 0.737 bits per heavy atom. The van der Waals surface area contributed by atoms with Gasteiger partial charge in [-0.3, -0.25) is 0 Å². The molecule has 218 valence electrons. The predicted molar refractivity (Wildman–Crippen MR) is 138 cm³/mol. The molecule has 4 amide bonds. The van der Waals surface area contributed by atoms with E-state index in [1.807, 2.05) is 0 Å². The van der Waals surface area contributed by atoms with Gasteiger partial charge in [0.25, 0.3) is 0 Å². The van der Waals surface area contributed by atoms with Crippen molar-refractivity contribution in [1.82, 2.24) is 21.3 Å². The standard InChI is InChI=1S/C24H42N4O10/c1-19(2)21(29)37-17-15-35-11-7-27-23(31)25-5-9-33-13-14-34-10-6-26-24(32)28-8-12-36-16-18-38-22(30)20(3)4/h1,3,5-18H2,2,4H3,(H2,25,27,31)(H2,26,28,32). The second kappa shape index (κ2) is 24.2. The fourth-order valence-electron chi connectivity index (χ4n) is 2.23. The first kappa shape index (κ1) is 34.8. The zero-order valence-corrected chi connectivity index (χ0v) is 22.4. The topological polar surface area (TPSA) is 172 Å². The molecule has 0 saturated carbocycles. The lowest BCUT2D eigenvalue weighted by Crippen LogP contribution is -2.39. The molecule has 0 saturated heterocycles. The third-order valence-electron chi connectivity index (χ3n) is 4.12. The smallest absolute Gasteiger partial charge is 0.333 e. The van der Waals surface area contributed by atoms with Crippen molar-refractivity contribution in [1.29, 1.82) is 0 Å². The maximum absolute atomic E-state index is 11.6. The van der Waals surface area contributed by atoms with Gasteiger partial charge in [-0.2, -0.15) is 0 Å². The summed E-state index contributed by atoms with van der Waals surface area (Å²) in [6.07, 6.45) is 0. The summed E-state index contributed by atoms with van der Waals surface area (Å²) in [5, 5.41) is 10.5. The van der Waals surface area contributed by atoms with Crippen molar-refractivity contribution < 1.29 is 47.6 Å². The minimum Gasteiger partial charge on any atom is -0.460 e. The summed E-state index contributed by atoms with van der Waals surface area (Å²) in [6.45, 7) is 14.0. The van der Waals surface area contributed by atoms with Gasteiger partial charge in [-0.1, -0.05) is 13.2 Å². The zero-order chi connectivity index (χ0) is 28.4. The highest BCUT2D eigenvalue weighted by Crippen LogP contribution is 1.92. The van der Waals surface area contributed by atoms with Crippen LogP contribution in [0.2, 0.25) is 0 Å². The van der Waals surface area contributed by atoms with Crippen LogP contribution in [0.4, 0.5) is 9.59 Å². The molecule has 0 aliphatic rings. The molecule has 0 unspecified atom stereocenters. The molecule has 0 atom stereocenters. The molecule has 4 N–H and O–H groups in total. The van der Waals surface area contributed by atoms with Crippen LogP contribution in [0.3, 0.4) is 0 Å². The minimum absolute atomic E-state index is 0.126. The third kappa shape index (κ3) is 23.2. The molecule has 14 nitrogen and oxygen atoms in total. The zero-order valence-electron chi connectivity index (χ0n) is 22.4. The lowest BCUT2D eigenvalue weighted by Gasteiger charge is -2.10. The molecule has 0 aromatic heterocycles. The van der Waals surface area contributed by atoms with Crippen LogP contribution in [0.5, 0.6) is 0 Å². The molecular weight excluding hydrogens is 504 g/mol. The Bertz CT molecular complexity index is 673. The summed E-state index contributed by atoms with van der Waals surface area (Å²) >= 11 is 0. The largest absolute Gasteiger partial charge is 0.460 e. The highest BCUT2D eigenvalue weighted by Gasteiger charge is 2.04. The number of amides is 4. The second-order valence-electron chi connectivity index (χ2n) is 7.65. The summed E-state index contributed by atoms with van der Waals surface area (Å²) in [5.41, 5.74) is 0.654. The maximum atomic E-state index is 11.6. The summed E-state index contributed by atoms with van der Waals surface area (Å²) in [7, 11) is 0. The quantitative estimate of drug-likeness (QED) is 0.0770. The lowest BCUT2D eigenvalue weighted by molar-refractivity contribution is -0.141. The molecule has 0 fully saturated rings. The number of esters is 2. The monoisotopic (exact) mass is 546 g/mol. The number of rotatable bonds is 23. The van der Waals surface area contributed by atoms with Crippen molar-refractivity contribution in [3.05, 3.63) is 24.3 Å². The Morgan fingerprint density at radius 3 is 1.00 bits per heavy atom. The van der Waals surface area contributed by atoms with E-state index in [2.05, 4.69) is 34.4 Å². The molecule has 14 heteroatoms. The first-order chi connectivity index (χ1) is 18.2. The fourth-order valence-corrected chi connectivity index (χ4v) is 2.23. The Balaban J connectivity index is 3.35. The van der Waals surface area contributed by atoms with Crippen LogP contribution in [-0.2, 0) is 38.0 Å². The van der Waals surface area contributed by atoms with E-state index in [0.29, 0.717) is 63.8 Å². The molecule has 0 aromatic carbocycles. The molecule has 0 heterocycles. The third-order valence-corrected chi connectivity index (χ3v) is 4.12. The van der Waals surface area contributed by atoms with Gasteiger partial charge >= 0.3 is 24.0 Å². The molecule has 0 aliphatic heterocycles. The Morgan fingerprint density at radius 1 is 0.474 bits per heavy atom. The minimum atomic E-state index is -0.463. The van der Waals surface area contributed by atoms with Crippen LogP contribution >= 0.6 is 0 Å². The number of carbonyl (C=O) groups is 4. The number of nitrogens with one attached hydrogen (secondary N) is 4. The summed E-state index contributed by atoms with van der Waals surface area (Å²) in [4.78, 5) is 45.6. The number of hydrogen-bond acceptors (Lipinski definition) is 10. The Kier molecular flexibility index (Phi) is 22.1. The van der Waals surface area contributed by atoms with Crippen LogP contribution in [-0.4, -0.2) is 116 Å². The van der Waals surface area contributed by atoms with E-state index >= 15 is 0 Å². The van der Waals surface area contributed by atoms with E-state index in [1.54, 1.807) is 13.8 Å². The van der Waals surface area contributed by atoms with Crippen LogP contribution in [0, 0.1) is 0 Å². The molecule has 38 heavy (non-hydrogen) atoms. The van der Waals surface area contributed by atoms with Gasteiger partial charge in [-0.25, -0.2) is 19.2 Å². The van der Waals surface area contributed by atoms with E-state index in [1.165, 1.54) is 0 Å². The van der Waals surface area contributed by atoms with E-state index in [-0.39, 0.29) is 51.7 Å². The Hall–Kier alpha value is -3.20. The first-order valence-electron chi connectivity index (χ1n) is 12.2. The van der Waals surface area contributed by atoms with E-state index in [4.69, 9.17) is 28.4 Å². The van der Waals surface area contributed by atoms with Crippen molar-refractivity contribution in [3.63, 3.8) is 0 Å². The number of urea groups is 2. The molecule has 0 bridgehead atoms. The van der Waals surface area contributed by atoms with Gasteiger partial charge in [0.1, 0.15) is 13.2 Å². The van der Waals surface area contributed by atoms with Crippen molar-refractivity contribution in [3.8, 4) is 0 Å². The maximum Gasteiger partial charge on any atom is 0.333 e. The predicted octanol–water partition coefficient (Wildman–Crippen LogP) is -0.110. The van der Waals surface area contributed by atoms with Gasteiger partial charge in [0.15, 0.2) is 0 Å². The summed E-state index contributed by atoms with van der Waals surface area (Å²) < 4.78 is 30.9. The summed E-state index contributed by atoms with van der Waals surface area (Å²) in [5.74, 6) is -0.926. The molecule has 0 rings (SSSR count). The Labute approximate surface area is 223 Å².